The number of primary amides is 2. The van der Waals surface area contributed by atoms with E-state index in [1.165, 1.54) is 6.07 Å². The average Bonchev–Trinajstić information content (AvgIpc) is 3.49. The van der Waals surface area contributed by atoms with Crippen molar-refractivity contribution in [3.8, 4) is 11.1 Å². The zero-order valence-electron chi connectivity index (χ0n) is 17.6. The van der Waals surface area contributed by atoms with Crippen LogP contribution in [0.1, 0.15) is 31.1 Å². The maximum Gasteiger partial charge on any atom is 0.335 e. The number of rotatable bonds is 4. The van der Waals surface area contributed by atoms with Crippen molar-refractivity contribution in [2.75, 3.05) is 0 Å². The van der Waals surface area contributed by atoms with Crippen molar-refractivity contribution in [1.29, 1.82) is 0 Å². The molecule has 0 atom stereocenters. The lowest BCUT2D eigenvalue weighted by Crippen LogP contribution is -2.11. The van der Waals surface area contributed by atoms with Gasteiger partial charge < -0.3 is 26.5 Å². The van der Waals surface area contributed by atoms with Crippen LogP contribution in [0.2, 0.25) is 0 Å². The Morgan fingerprint density at radius 2 is 1.35 bits per heavy atom. The number of nitrogens with one attached hydrogen (secondary N) is 2. The second kappa shape index (κ2) is 9.24. The third kappa shape index (κ3) is 4.28. The van der Waals surface area contributed by atoms with Crippen LogP contribution in [0.4, 0.5) is 0 Å². The standard InChI is InChI=1S/C16H12N2O3.C9H7BrN2O/c17-15(19)13-5-4-11(12-6-7-18-14(12)13)9-2-1-3-10(8-9)16(20)21;10-7-2-1-6(9(11)13)8-5(7)3-4-12-8/h1-8,18H,(H2,17,19)(H,20,21);1-4,12H,(H2,11,13). The number of carboxylic acid groups (broad SMARTS) is 1. The molecule has 0 unspecified atom stereocenters. The number of aromatic carboxylic acids is 1. The van der Waals surface area contributed by atoms with Gasteiger partial charge in [0.2, 0.25) is 0 Å². The lowest BCUT2D eigenvalue weighted by molar-refractivity contribution is 0.0696. The molecule has 5 aromatic rings. The topological polar surface area (TPSA) is 155 Å². The van der Waals surface area contributed by atoms with Gasteiger partial charge >= 0.3 is 5.97 Å². The number of amides is 2. The monoisotopic (exact) mass is 518 g/mol. The third-order valence-corrected chi connectivity index (χ3v) is 6.04. The van der Waals surface area contributed by atoms with Gasteiger partial charge in [-0.3, -0.25) is 9.59 Å². The maximum absolute atomic E-state index is 11.4. The van der Waals surface area contributed by atoms with E-state index < -0.39 is 17.8 Å². The summed E-state index contributed by atoms with van der Waals surface area (Å²) in [6.07, 6.45) is 3.50. The van der Waals surface area contributed by atoms with Gasteiger partial charge in [0.15, 0.2) is 0 Å². The number of fused-ring (bicyclic) bond motifs is 2. The van der Waals surface area contributed by atoms with E-state index >= 15 is 0 Å². The summed E-state index contributed by atoms with van der Waals surface area (Å²) in [6.45, 7) is 0. The van der Waals surface area contributed by atoms with Crippen LogP contribution < -0.4 is 11.5 Å². The Bertz CT molecular complexity index is 1570. The predicted molar refractivity (Wildman–Crippen MR) is 134 cm³/mol. The molecule has 0 bridgehead atoms. The Kier molecular flexibility index (Phi) is 6.20. The summed E-state index contributed by atoms with van der Waals surface area (Å²) in [5.41, 5.74) is 14.8. The van der Waals surface area contributed by atoms with Gasteiger partial charge in [-0.25, -0.2) is 4.79 Å². The second-order valence-electron chi connectivity index (χ2n) is 7.40. The van der Waals surface area contributed by atoms with Crippen molar-refractivity contribution in [3.63, 3.8) is 0 Å². The summed E-state index contributed by atoms with van der Waals surface area (Å²) in [5.74, 6) is -1.90. The van der Waals surface area contributed by atoms with E-state index in [-0.39, 0.29) is 5.56 Å². The van der Waals surface area contributed by atoms with Crippen LogP contribution in [0.3, 0.4) is 0 Å². The zero-order chi connectivity index (χ0) is 24.4. The molecule has 2 aromatic heterocycles. The normalized spacial score (nSPS) is 10.6. The number of aromatic amines is 2. The van der Waals surface area contributed by atoms with E-state index in [1.54, 1.807) is 42.7 Å². The highest BCUT2D eigenvalue weighted by molar-refractivity contribution is 9.10. The Hall–Kier alpha value is -4.37. The van der Waals surface area contributed by atoms with Gasteiger partial charge in [-0.15, -0.1) is 0 Å². The van der Waals surface area contributed by atoms with Gasteiger partial charge in [0.1, 0.15) is 0 Å². The summed E-state index contributed by atoms with van der Waals surface area (Å²) in [6, 6.07) is 17.3. The van der Waals surface area contributed by atoms with E-state index in [9.17, 15) is 14.4 Å². The molecule has 0 fully saturated rings. The molecule has 2 amide bonds. The fourth-order valence-corrected chi connectivity index (χ4v) is 4.22. The van der Waals surface area contributed by atoms with Crippen LogP contribution in [-0.4, -0.2) is 32.9 Å². The number of nitrogens with two attached hydrogens (primary N) is 2. The molecule has 2 heterocycles. The van der Waals surface area contributed by atoms with Crippen molar-refractivity contribution in [2.24, 2.45) is 11.5 Å². The fraction of sp³-hybridized carbons (Fsp3) is 0. The molecule has 5 rings (SSSR count). The van der Waals surface area contributed by atoms with E-state index in [0.29, 0.717) is 16.6 Å². The minimum Gasteiger partial charge on any atom is -0.478 e. The second-order valence-corrected chi connectivity index (χ2v) is 8.26. The molecule has 170 valence electrons. The average molecular weight is 519 g/mol. The van der Waals surface area contributed by atoms with Crippen LogP contribution in [0.25, 0.3) is 32.9 Å². The van der Waals surface area contributed by atoms with Crippen LogP contribution in [0.5, 0.6) is 0 Å². The minimum absolute atomic E-state index is 0.218. The number of hydrogen-bond acceptors (Lipinski definition) is 3. The highest BCUT2D eigenvalue weighted by Crippen LogP contribution is 2.31. The summed E-state index contributed by atoms with van der Waals surface area (Å²) in [5, 5.41) is 10.9. The molecule has 0 radical (unpaired) electrons. The van der Waals surface area contributed by atoms with E-state index in [2.05, 4.69) is 25.9 Å². The van der Waals surface area contributed by atoms with Gasteiger partial charge in [-0.2, -0.15) is 0 Å². The molecule has 0 aliphatic rings. The van der Waals surface area contributed by atoms with Crippen molar-refractivity contribution < 1.29 is 19.5 Å². The lowest BCUT2D eigenvalue weighted by atomic mass is 9.97. The summed E-state index contributed by atoms with van der Waals surface area (Å²) in [4.78, 5) is 39.5. The number of carbonyl (C=O) groups excluding carboxylic acids is 2. The molecular weight excluding hydrogens is 500 g/mol. The van der Waals surface area contributed by atoms with Gasteiger partial charge in [0.25, 0.3) is 11.8 Å². The highest BCUT2D eigenvalue weighted by atomic mass is 79.9. The zero-order valence-corrected chi connectivity index (χ0v) is 19.2. The number of carboxylic acids is 1. The highest BCUT2D eigenvalue weighted by Gasteiger charge is 2.13. The third-order valence-electron chi connectivity index (χ3n) is 5.34. The molecule has 9 heteroatoms. The number of carbonyl (C=O) groups is 3. The van der Waals surface area contributed by atoms with E-state index in [4.69, 9.17) is 16.6 Å². The first-order valence-corrected chi connectivity index (χ1v) is 10.9. The van der Waals surface area contributed by atoms with Crippen LogP contribution in [0.15, 0.2) is 77.5 Å². The molecule has 0 aliphatic carbocycles. The Labute approximate surface area is 201 Å². The van der Waals surface area contributed by atoms with Gasteiger partial charge in [-0.05, 0) is 53.6 Å². The van der Waals surface area contributed by atoms with Gasteiger partial charge in [-0.1, -0.05) is 34.1 Å². The van der Waals surface area contributed by atoms with Crippen LogP contribution in [-0.2, 0) is 0 Å². The summed E-state index contributed by atoms with van der Waals surface area (Å²) >= 11 is 3.39. The first kappa shape index (κ1) is 22.8. The smallest absolute Gasteiger partial charge is 0.335 e. The number of hydrogen-bond donors (Lipinski definition) is 5. The molecule has 34 heavy (non-hydrogen) atoms. The largest absolute Gasteiger partial charge is 0.478 e. The Morgan fingerprint density at radius 1 is 0.765 bits per heavy atom. The van der Waals surface area contributed by atoms with E-state index in [1.807, 2.05) is 24.3 Å². The maximum atomic E-state index is 11.4. The molecule has 0 spiro atoms. The molecular formula is C25H19BrN4O4. The number of aromatic nitrogens is 2. The number of H-pyrrole nitrogens is 2. The van der Waals surface area contributed by atoms with E-state index in [0.717, 1.165) is 31.9 Å². The lowest BCUT2D eigenvalue weighted by Gasteiger charge is -2.07. The van der Waals surface area contributed by atoms with Crippen LogP contribution in [0, 0.1) is 0 Å². The summed E-state index contributed by atoms with van der Waals surface area (Å²) < 4.78 is 0.953. The first-order valence-electron chi connectivity index (χ1n) is 10.1. The van der Waals surface area contributed by atoms with Crippen molar-refractivity contribution >= 4 is 55.5 Å². The molecule has 3 aromatic carbocycles. The SMILES string of the molecule is NC(=O)c1ccc(-c2cccc(C(=O)O)c2)c2cc[nH]c12.NC(=O)c1ccc(Br)c2cc[nH]c12. The minimum atomic E-state index is -0.976. The fourth-order valence-electron chi connectivity index (χ4n) is 3.76. The van der Waals surface area contributed by atoms with Gasteiger partial charge in [0, 0.05) is 27.6 Å². The quantitative estimate of drug-likeness (QED) is 0.234. The summed E-state index contributed by atoms with van der Waals surface area (Å²) in [7, 11) is 0. The molecule has 0 saturated carbocycles. The first-order chi connectivity index (χ1) is 16.3. The van der Waals surface area contributed by atoms with Gasteiger partial charge in [0.05, 0.1) is 27.7 Å². The molecule has 8 nitrogen and oxygen atoms in total. The molecule has 0 saturated heterocycles. The predicted octanol–water partition coefficient (Wildman–Crippen LogP) is 4.66. The number of benzene rings is 3. The van der Waals surface area contributed by atoms with Crippen molar-refractivity contribution in [2.45, 2.75) is 0 Å². The molecule has 7 N–H and O–H groups in total. The molecule has 0 aliphatic heterocycles. The Balaban J connectivity index is 0.000000180. The van der Waals surface area contributed by atoms with Crippen molar-refractivity contribution in [3.05, 3.63) is 94.2 Å². The van der Waals surface area contributed by atoms with Crippen LogP contribution >= 0.6 is 15.9 Å². The van der Waals surface area contributed by atoms with Crippen molar-refractivity contribution in [1.82, 2.24) is 9.97 Å². The number of halogens is 1. The Morgan fingerprint density at radius 3 is 1.97 bits per heavy atom.